The molecular formula is C14H20Cl2N2O2S. The van der Waals surface area contributed by atoms with E-state index in [4.69, 9.17) is 23.2 Å². The van der Waals surface area contributed by atoms with Crippen molar-refractivity contribution in [3.63, 3.8) is 0 Å². The molecular weight excluding hydrogens is 331 g/mol. The van der Waals surface area contributed by atoms with Gasteiger partial charge in [-0.2, -0.15) is 0 Å². The molecule has 1 saturated carbocycles. The third-order valence-corrected chi connectivity index (χ3v) is 6.13. The lowest BCUT2D eigenvalue weighted by Gasteiger charge is -2.15. The van der Waals surface area contributed by atoms with Gasteiger partial charge in [0.15, 0.2) is 0 Å². The van der Waals surface area contributed by atoms with E-state index in [1.165, 1.54) is 6.07 Å². The summed E-state index contributed by atoms with van der Waals surface area (Å²) in [6.07, 6.45) is 2.10. The van der Waals surface area contributed by atoms with Crippen molar-refractivity contribution in [1.29, 1.82) is 0 Å². The second kappa shape index (κ2) is 6.42. The quantitative estimate of drug-likeness (QED) is 0.793. The van der Waals surface area contributed by atoms with Gasteiger partial charge in [0.25, 0.3) is 0 Å². The summed E-state index contributed by atoms with van der Waals surface area (Å²) >= 11 is 12.4. The van der Waals surface area contributed by atoms with Crippen molar-refractivity contribution < 1.29 is 8.42 Å². The van der Waals surface area contributed by atoms with E-state index < -0.39 is 10.0 Å². The monoisotopic (exact) mass is 350 g/mol. The minimum absolute atomic E-state index is 0.0886. The zero-order valence-electron chi connectivity index (χ0n) is 12.2. The molecule has 4 nitrogen and oxygen atoms in total. The summed E-state index contributed by atoms with van der Waals surface area (Å²) in [7, 11) is -3.62. The van der Waals surface area contributed by atoms with Crippen LogP contribution in [0.3, 0.4) is 0 Å². The first kappa shape index (κ1) is 17.0. The number of rotatable bonds is 7. The van der Waals surface area contributed by atoms with Crippen LogP contribution in [0.2, 0.25) is 10.0 Å². The second-order valence-corrected chi connectivity index (χ2v) is 8.27. The molecule has 0 aromatic heterocycles. The van der Waals surface area contributed by atoms with Gasteiger partial charge in [-0.3, -0.25) is 0 Å². The fourth-order valence-electron chi connectivity index (χ4n) is 1.93. The van der Waals surface area contributed by atoms with Gasteiger partial charge in [0.1, 0.15) is 4.90 Å². The highest BCUT2D eigenvalue weighted by molar-refractivity contribution is 7.89. The van der Waals surface area contributed by atoms with E-state index in [-0.39, 0.29) is 15.3 Å². The summed E-state index contributed by atoms with van der Waals surface area (Å²) in [5, 5.41) is 3.77. The molecule has 0 atom stereocenters. The molecule has 1 aliphatic rings. The smallest absolute Gasteiger partial charge is 0.242 e. The van der Waals surface area contributed by atoms with Gasteiger partial charge >= 0.3 is 0 Å². The van der Waals surface area contributed by atoms with Crippen molar-refractivity contribution in [1.82, 2.24) is 10.0 Å². The Morgan fingerprint density at radius 1 is 1.29 bits per heavy atom. The van der Waals surface area contributed by atoms with Crippen LogP contribution in [0.1, 0.15) is 32.3 Å². The average molecular weight is 351 g/mol. The van der Waals surface area contributed by atoms with E-state index in [9.17, 15) is 8.42 Å². The van der Waals surface area contributed by atoms with Crippen LogP contribution in [0.4, 0.5) is 0 Å². The lowest BCUT2D eigenvalue weighted by Crippen LogP contribution is -2.29. The maximum Gasteiger partial charge on any atom is 0.242 e. The molecule has 0 aliphatic heterocycles. The topological polar surface area (TPSA) is 58.2 Å². The van der Waals surface area contributed by atoms with Crippen LogP contribution in [0.5, 0.6) is 0 Å². The minimum Gasteiger partial charge on any atom is -0.313 e. The van der Waals surface area contributed by atoms with Gasteiger partial charge in [0.2, 0.25) is 10.0 Å². The summed E-state index contributed by atoms with van der Waals surface area (Å²) < 4.78 is 27.5. The van der Waals surface area contributed by atoms with Crippen LogP contribution in [0.15, 0.2) is 17.0 Å². The highest BCUT2D eigenvalue weighted by Crippen LogP contribution is 2.44. The van der Waals surface area contributed by atoms with Gasteiger partial charge in [-0.25, -0.2) is 13.1 Å². The van der Waals surface area contributed by atoms with E-state index in [1.807, 2.05) is 6.92 Å². The fraction of sp³-hybridized carbons (Fsp3) is 0.571. The zero-order valence-corrected chi connectivity index (χ0v) is 14.5. The SMILES string of the molecule is CCNCc1c(Cl)ccc(S(=O)(=O)NCC2(C)CC2)c1Cl. The molecule has 1 aromatic carbocycles. The first-order valence-corrected chi connectivity index (χ1v) is 9.20. The van der Waals surface area contributed by atoms with Crippen molar-refractivity contribution in [3.05, 3.63) is 27.7 Å². The van der Waals surface area contributed by atoms with Crippen molar-refractivity contribution in [2.45, 2.75) is 38.1 Å². The molecule has 2 rings (SSSR count). The summed E-state index contributed by atoms with van der Waals surface area (Å²) in [6, 6.07) is 3.03. The largest absolute Gasteiger partial charge is 0.313 e. The van der Waals surface area contributed by atoms with E-state index in [0.29, 0.717) is 23.7 Å². The normalized spacial score (nSPS) is 17.0. The first-order valence-electron chi connectivity index (χ1n) is 6.96. The molecule has 0 spiro atoms. The Balaban J connectivity index is 2.25. The van der Waals surface area contributed by atoms with Crippen LogP contribution in [0.25, 0.3) is 0 Å². The summed E-state index contributed by atoms with van der Waals surface area (Å²) in [6.45, 7) is 5.65. The summed E-state index contributed by atoms with van der Waals surface area (Å²) in [5.74, 6) is 0. The molecule has 0 amide bonds. The number of hydrogen-bond acceptors (Lipinski definition) is 3. The Bertz CT molecular complexity index is 628. The molecule has 0 saturated heterocycles. The molecule has 1 aliphatic carbocycles. The van der Waals surface area contributed by atoms with Gasteiger partial charge in [-0.1, -0.05) is 37.0 Å². The summed E-state index contributed by atoms with van der Waals surface area (Å²) in [5.41, 5.74) is 0.708. The molecule has 21 heavy (non-hydrogen) atoms. The minimum atomic E-state index is -3.62. The van der Waals surface area contributed by atoms with Crippen LogP contribution < -0.4 is 10.0 Å². The van der Waals surface area contributed by atoms with E-state index in [0.717, 1.165) is 19.4 Å². The van der Waals surface area contributed by atoms with Crippen molar-refractivity contribution in [3.8, 4) is 0 Å². The summed E-state index contributed by atoms with van der Waals surface area (Å²) in [4.78, 5) is 0.0886. The predicted octanol–water partition coefficient (Wildman–Crippen LogP) is 3.18. The third kappa shape index (κ3) is 4.11. The van der Waals surface area contributed by atoms with E-state index in [1.54, 1.807) is 6.07 Å². The van der Waals surface area contributed by atoms with Gasteiger partial charge in [0, 0.05) is 23.7 Å². The van der Waals surface area contributed by atoms with Gasteiger partial charge < -0.3 is 5.32 Å². The third-order valence-electron chi connectivity index (χ3n) is 3.78. The Labute approximate surface area is 136 Å². The number of benzene rings is 1. The molecule has 1 fully saturated rings. The van der Waals surface area contributed by atoms with Crippen LogP contribution >= 0.6 is 23.2 Å². The number of hydrogen-bond donors (Lipinski definition) is 2. The fourth-order valence-corrected chi connectivity index (χ4v) is 4.04. The van der Waals surface area contributed by atoms with Crippen molar-refractivity contribution in [2.75, 3.05) is 13.1 Å². The molecule has 0 unspecified atom stereocenters. The van der Waals surface area contributed by atoms with E-state index >= 15 is 0 Å². The molecule has 0 bridgehead atoms. The Morgan fingerprint density at radius 3 is 2.52 bits per heavy atom. The molecule has 118 valence electrons. The Morgan fingerprint density at radius 2 is 1.95 bits per heavy atom. The number of nitrogens with one attached hydrogen (secondary N) is 2. The Kier molecular flexibility index (Phi) is 5.21. The lowest BCUT2D eigenvalue weighted by molar-refractivity contribution is 0.530. The predicted molar refractivity (Wildman–Crippen MR) is 86.4 cm³/mol. The van der Waals surface area contributed by atoms with Crippen LogP contribution in [0, 0.1) is 5.41 Å². The number of sulfonamides is 1. The maximum atomic E-state index is 12.4. The van der Waals surface area contributed by atoms with E-state index in [2.05, 4.69) is 17.0 Å². The van der Waals surface area contributed by atoms with Crippen LogP contribution in [-0.4, -0.2) is 21.5 Å². The highest BCUT2D eigenvalue weighted by Gasteiger charge is 2.38. The molecule has 7 heteroatoms. The zero-order chi connectivity index (χ0) is 15.7. The molecule has 1 aromatic rings. The first-order chi connectivity index (χ1) is 9.79. The van der Waals surface area contributed by atoms with Crippen molar-refractivity contribution >= 4 is 33.2 Å². The lowest BCUT2D eigenvalue weighted by atomic mass is 10.2. The van der Waals surface area contributed by atoms with Gasteiger partial charge in [-0.05, 0) is 36.9 Å². The van der Waals surface area contributed by atoms with Gasteiger partial charge in [0.05, 0.1) is 5.02 Å². The van der Waals surface area contributed by atoms with Crippen molar-refractivity contribution in [2.24, 2.45) is 5.41 Å². The van der Waals surface area contributed by atoms with Gasteiger partial charge in [-0.15, -0.1) is 0 Å². The average Bonchev–Trinajstić information content (AvgIpc) is 3.15. The molecule has 2 N–H and O–H groups in total. The standard InChI is InChI=1S/C14H20Cl2N2O2S/c1-3-17-8-10-11(15)4-5-12(13(10)16)21(19,20)18-9-14(2)6-7-14/h4-5,17-18H,3,6-9H2,1-2H3. The highest BCUT2D eigenvalue weighted by atomic mass is 35.5. The Hall–Kier alpha value is -0.330. The maximum absolute atomic E-state index is 12.4. The number of halogens is 2. The van der Waals surface area contributed by atoms with Crippen LogP contribution in [-0.2, 0) is 16.6 Å². The second-order valence-electron chi connectivity index (χ2n) is 5.75. The molecule has 0 heterocycles. The molecule has 0 radical (unpaired) electrons.